The lowest BCUT2D eigenvalue weighted by Gasteiger charge is -2.26. The molecule has 2 atom stereocenters. The first kappa shape index (κ1) is 22.0. The van der Waals surface area contributed by atoms with E-state index < -0.39 is 11.6 Å². The molecule has 0 aliphatic carbocycles. The van der Waals surface area contributed by atoms with Crippen molar-refractivity contribution in [3.8, 4) is 11.3 Å². The molecular weight excluding hydrogens is 422 g/mol. The number of methoxy groups -OCH3 is 1. The van der Waals surface area contributed by atoms with Gasteiger partial charge in [-0.2, -0.15) is 0 Å². The summed E-state index contributed by atoms with van der Waals surface area (Å²) in [5, 5.41) is 0. The summed E-state index contributed by atoms with van der Waals surface area (Å²) in [6.07, 6.45) is 3.41. The summed E-state index contributed by atoms with van der Waals surface area (Å²) in [5.74, 6) is -0.170. The van der Waals surface area contributed by atoms with Crippen LogP contribution in [0.4, 0.5) is 0 Å². The van der Waals surface area contributed by atoms with E-state index in [0.29, 0.717) is 26.4 Å². The highest BCUT2D eigenvalue weighted by Gasteiger charge is 2.39. The first-order chi connectivity index (χ1) is 16.0. The van der Waals surface area contributed by atoms with Crippen molar-refractivity contribution in [3.63, 3.8) is 0 Å². The molecule has 3 aromatic rings. The molecular formula is C25H29N3O5. The van der Waals surface area contributed by atoms with Gasteiger partial charge in [0.2, 0.25) is 0 Å². The second-order valence-corrected chi connectivity index (χ2v) is 8.71. The summed E-state index contributed by atoms with van der Waals surface area (Å²) >= 11 is 0. The number of hydrogen-bond donors (Lipinski definition) is 0. The van der Waals surface area contributed by atoms with Crippen LogP contribution in [0.15, 0.2) is 30.6 Å². The van der Waals surface area contributed by atoms with Crippen molar-refractivity contribution in [3.05, 3.63) is 53.2 Å². The van der Waals surface area contributed by atoms with E-state index in [2.05, 4.69) is 30.1 Å². The predicted octanol–water partition coefficient (Wildman–Crippen LogP) is 3.65. The van der Waals surface area contributed by atoms with E-state index in [1.807, 2.05) is 4.40 Å². The molecule has 0 spiro atoms. The normalized spacial score (nSPS) is 22.8. The lowest BCUT2D eigenvalue weighted by atomic mass is 9.95. The monoisotopic (exact) mass is 451 g/mol. The fourth-order valence-corrected chi connectivity index (χ4v) is 4.78. The van der Waals surface area contributed by atoms with Gasteiger partial charge in [-0.25, -0.2) is 14.8 Å². The van der Waals surface area contributed by atoms with E-state index in [9.17, 15) is 4.79 Å². The van der Waals surface area contributed by atoms with Gasteiger partial charge in [-0.05, 0) is 50.1 Å². The Bertz CT molecular complexity index is 1180. The molecule has 8 heteroatoms. The number of fused-ring (bicyclic) bond motifs is 1. The molecule has 0 N–H and O–H groups in total. The fraction of sp³-hybridized carbons (Fsp3) is 0.480. The van der Waals surface area contributed by atoms with E-state index in [0.717, 1.165) is 53.2 Å². The van der Waals surface area contributed by atoms with Crippen molar-refractivity contribution in [1.29, 1.82) is 0 Å². The summed E-state index contributed by atoms with van der Waals surface area (Å²) in [6.45, 7) is 6.68. The van der Waals surface area contributed by atoms with Crippen LogP contribution in [0.3, 0.4) is 0 Å². The maximum Gasteiger partial charge on any atom is 0.357 e. The Morgan fingerprint density at radius 3 is 2.82 bits per heavy atom. The molecule has 2 fully saturated rings. The average Bonchev–Trinajstić information content (AvgIpc) is 3.58. The Morgan fingerprint density at radius 2 is 2.12 bits per heavy atom. The van der Waals surface area contributed by atoms with Crippen LogP contribution >= 0.6 is 0 Å². The third kappa shape index (κ3) is 3.92. The first-order valence-electron chi connectivity index (χ1n) is 11.4. The molecule has 2 aliphatic rings. The number of rotatable bonds is 6. The summed E-state index contributed by atoms with van der Waals surface area (Å²) in [6, 6.07) is 8.08. The van der Waals surface area contributed by atoms with Crippen molar-refractivity contribution in [2.45, 2.75) is 38.2 Å². The minimum atomic E-state index is -0.546. The van der Waals surface area contributed by atoms with E-state index in [4.69, 9.17) is 23.9 Å². The van der Waals surface area contributed by atoms with Crippen LogP contribution in [0.1, 0.15) is 53.1 Å². The highest BCUT2D eigenvalue weighted by Crippen LogP contribution is 2.37. The van der Waals surface area contributed by atoms with E-state index in [1.165, 1.54) is 0 Å². The lowest BCUT2D eigenvalue weighted by molar-refractivity contribution is -0.0245. The SMILES string of the molecule is CCOC(=O)c1cc2c(-c3cc(C)cc([C@]4(OC)CCOC4)n3)cc(C3CCOC3)n2cn1. The third-order valence-electron chi connectivity index (χ3n) is 6.61. The van der Waals surface area contributed by atoms with Crippen LogP contribution in [0, 0.1) is 6.92 Å². The third-order valence-corrected chi connectivity index (χ3v) is 6.61. The van der Waals surface area contributed by atoms with Gasteiger partial charge in [0, 0.05) is 43.9 Å². The van der Waals surface area contributed by atoms with Gasteiger partial charge in [-0.3, -0.25) is 0 Å². The van der Waals surface area contributed by atoms with Gasteiger partial charge in [-0.15, -0.1) is 0 Å². The molecule has 3 aromatic heterocycles. The lowest BCUT2D eigenvalue weighted by Crippen LogP contribution is -2.30. The minimum Gasteiger partial charge on any atom is -0.461 e. The number of carbonyl (C=O) groups is 1. The van der Waals surface area contributed by atoms with E-state index in [-0.39, 0.29) is 11.6 Å². The highest BCUT2D eigenvalue weighted by molar-refractivity contribution is 5.91. The van der Waals surface area contributed by atoms with Crippen LogP contribution in [-0.2, 0) is 24.5 Å². The molecule has 33 heavy (non-hydrogen) atoms. The van der Waals surface area contributed by atoms with Gasteiger partial charge in [-0.1, -0.05) is 0 Å². The molecule has 5 rings (SSSR count). The molecule has 0 radical (unpaired) electrons. The smallest absolute Gasteiger partial charge is 0.357 e. The molecule has 1 unspecified atom stereocenters. The summed E-state index contributed by atoms with van der Waals surface area (Å²) in [5.41, 5.74) is 5.44. The summed E-state index contributed by atoms with van der Waals surface area (Å²) in [4.78, 5) is 21.8. The summed E-state index contributed by atoms with van der Waals surface area (Å²) < 4.78 is 24.4. The van der Waals surface area contributed by atoms with Gasteiger partial charge in [0.05, 0.1) is 36.7 Å². The van der Waals surface area contributed by atoms with Crippen molar-refractivity contribution in [2.24, 2.45) is 0 Å². The van der Waals surface area contributed by atoms with Crippen LogP contribution in [0.5, 0.6) is 0 Å². The number of aryl methyl sites for hydroxylation is 1. The minimum absolute atomic E-state index is 0.263. The molecule has 2 saturated heterocycles. The maximum absolute atomic E-state index is 12.4. The zero-order valence-electron chi connectivity index (χ0n) is 19.3. The standard InChI is InChI=1S/C25H29N3O5/c1-4-33-24(29)20-12-22-18(11-21(28(22)15-26-20)17-5-7-31-13-17)19-9-16(2)10-23(27-19)25(30-3)6-8-32-14-25/h9-12,15,17H,4-8,13-14H2,1-3H3/t17?,25-/m0/s1. The van der Waals surface area contributed by atoms with Crippen molar-refractivity contribution >= 4 is 11.5 Å². The van der Waals surface area contributed by atoms with Crippen molar-refractivity contribution < 1.29 is 23.7 Å². The second-order valence-electron chi connectivity index (χ2n) is 8.71. The zero-order chi connectivity index (χ0) is 23.0. The molecule has 0 amide bonds. The number of aromatic nitrogens is 3. The molecule has 0 saturated carbocycles. The quantitative estimate of drug-likeness (QED) is 0.529. The number of carbonyl (C=O) groups excluding carboxylic acids is 1. The highest BCUT2D eigenvalue weighted by atomic mass is 16.6. The molecule has 0 aromatic carbocycles. The Morgan fingerprint density at radius 1 is 1.24 bits per heavy atom. The molecule has 174 valence electrons. The Balaban J connectivity index is 1.68. The zero-order valence-corrected chi connectivity index (χ0v) is 19.3. The van der Waals surface area contributed by atoms with E-state index in [1.54, 1.807) is 26.4 Å². The number of pyridine rings is 1. The van der Waals surface area contributed by atoms with Crippen LogP contribution in [-0.4, -0.2) is 60.5 Å². The molecule has 0 bridgehead atoms. The topological polar surface area (TPSA) is 84.2 Å². The number of nitrogens with zero attached hydrogens (tertiary/aromatic N) is 3. The van der Waals surface area contributed by atoms with Gasteiger partial charge in [0.1, 0.15) is 11.9 Å². The first-order valence-corrected chi connectivity index (χ1v) is 11.4. The Labute approximate surface area is 192 Å². The number of hydrogen-bond acceptors (Lipinski definition) is 7. The Kier molecular flexibility index (Phi) is 5.90. The number of ether oxygens (including phenoxy) is 4. The van der Waals surface area contributed by atoms with Crippen LogP contribution in [0.2, 0.25) is 0 Å². The van der Waals surface area contributed by atoms with E-state index >= 15 is 0 Å². The average molecular weight is 452 g/mol. The fourth-order valence-electron chi connectivity index (χ4n) is 4.78. The van der Waals surface area contributed by atoms with Crippen LogP contribution < -0.4 is 0 Å². The van der Waals surface area contributed by atoms with Crippen molar-refractivity contribution in [2.75, 3.05) is 40.1 Å². The largest absolute Gasteiger partial charge is 0.461 e. The Hall–Kier alpha value is -2.81. The predicted molar refractivity (Wildman–Crippen MR) is 121 cm³/mol. The van der Waals surface area contributed by atoms with Crippen LogP contribution in [0.25, 0.3) is 16.8 Å². The maximum atomic E-state index is 12.4. The second kappa shape index (κ2) is 8.85. The molecule has 8 nitrogen and oxygen atoms in total. The summed E-state index contributed by atoms with van der Waals surface area (Å²) in [7, 11) is 1.71. The molecule has 5 heterocycles. The van der Waals surface area contributed by atoms with Crippen molar-refractivity contribution in [1.82, 2.24) is 14.4 Å². The van der Waals surface area contributed by atoms with Gasteiger partial charge in [0.15, 0.2) is 5.69 Å². The van der Waals surface area contributed by atoms with Gasteiger partial charge in [0.25, 0.3) is 0 Å². The van der Waals surface area contributed by atoms with Gasteiger partial charge < -0.3 is 23.3 Å². The van der Waals surface area contributed by atoms with Gasteiger partial charge >= 0.3 is 5.97 Å². The number of esters is 1. The molecule has 2 aliphatic heterocycles.